The average Bonchev–Trinajstić information content (AvgIpc) is 3.33. The Balaban J connectivity index is 1.26. The third-order valence-electron chi connectivity index (χ3n) is 13.7. The molecule has 0 spiro atoms. The van der Waals surface area contributed by atoms with Gasteiger partial charge in [-0.3, -0.25) is 87.9 Å². The molecule has 0 radical (unpaired) electrons. The monoisotopic (exact) mass is 1060 g/mol. The first-order valence-corrected chi connectivity index (χ1v) is 26.0. The van der Waals surface area contributed by atoms with Crippen LogP contribution in [0.5, 0.6) is 0 Å². The molecule has 0 unspecified atom stereocenters. The van der Waals surface area contributed by atoms with Gasteiger partial charge in [0.25, 0.3) is 0 Å². The molecule has 0 atom stereocenters. The van der Waals surface area contributed by atoms with E-state index in [9.17, 15) is 54.6 Å². The van der Waals surface area contributed by atoms with E-state index >= 15 is 0 Å². The molecular weight excluding hydrogens is 983 g/mol. The van der Waals surface area contributed by atoms with Crippen molar-refractivity contribution in [1.82, 2.24) is 64.0 Å². The topological polar surface area (TPSA) is 278 Å². The summed E-state index contributed by atoms with van der Waals surface area (Å²) in [5.41, 5.74) is 4.31. The summed E-state index contributed by atoms with van der Waals surface area (Å²) in [7, 11) is 0. The van der Waals surface area contributed by atoms with Gasteiger partial charge in [0.2, 0.25) is 0 Å². The zero-order chi connectivity index (χ0) is 54.4. The number of rotatable bonds is 21. The number of aliphatic hydroxyl groups excluding tert-OH is 1. The van der Waals surface area contributed by atoms with Gasteiger partial charge >= 0.3 is 29.8 Å². The molecule has 6 N–H and O–H groups in total. The highest BCUT2D eigenvalue weighted by Gasteiger charge is 2.24. The van der Waals surface area contributed by atoms with Crippen LogP contribution >= 0.6 is 0 Å². The molecule has 3 aromatic heterocycles. The number of carbonyl (C=O) groups is 5. The predicted octanol–water partition coefficient (Wildman–Crippen LogP) is -0.173. The molecule has 6 rings (SSSR count). The van der Waals surface area contributed by atoms with Crippen LogP contribution in [0.25, 0.3) is 0 Å². The second kappa shape index (κ2) is 30.6. The fourth-order valence-corrected chi connectivity index (χ4v) is 9.88. The second-order valence-electron chi connectivity index (χ2n) is 20.0. The molecule has 416 valence electrons. The van der Waals surface area contributed by atoms with Crippen molar-refractivity contribution in [2.24, 2.45) is 0 Å². The van der Waals surface area contributed by atoms with Crippen molar-refractivity contribution < 1.29 is 54.6 Å². The Labute approximate surface area is 444 Å². The molecule has 0 aromatic carbocycles. The van der Waals surface area contributed by atoms with Gasteiger partial charge in [0, 0.05) is 157 Å². The number of fused-ring (bicyclic) bond motifs is 6. The van der Waals surface area contributed by atoms with E-state index in [1.807, 2.05) is 79.1 Å². The van der Waals surface area contributed by atoms with Crippen LogP contribution < -0.4 is 0 Å². The molecule has 6 bridgehead atoms. The van der Waals surface area contributed by atoms with Crippen molar-refractivity contribution in [1.29, 1.82) is 0 Å². The number of carboxylic acids is 5. The smallest absolute Gasteiger partial charge is 0.317 e. The molecule has 76 heavy (non-hydrogen) atoms. The van der Waals surface area contributed by atoms with E-state index < -0.39 is 29.8 Å². The van der Waals surface area contributed by atoms with Crippen LogP contribution in [0.15, 0.2) is 66.9 Å². The van der Waals surface area contributed by atoms with Crippen LogP contribution in [-0.2, 0) is 63.2 Å². The Bertz CT molecular complexity index is 1990. The van der Waals surface area contributed by atoms with Gasteiger partial charge in [0.1, 0.15) is 0 Å². The Morgan fingerprint density at radius 3 is 0.750 bits per heavy atom. The normalized spacial score (nSPS) is 18.8. The third kappa shape index (κ3) is 22.3. The lowest BCUT2D eigenvalue weighted by molar-refractivity contribution is -0.139. The summed E-state index contributed by atoms with van der Waals surface area (Å²) >= 11 is 0. The van der Waals surface area contributed by atoms with Gasteiger partial charge in [-0.1, -0.05) is 24.8 Å². The summed E-state index contributed by atoms with van der Waals surface area (Å²) in [6.45, 7) is 14.3. The van der Waals surface area contributed by atoms with E-state index in [0.29, 0.717) is 180 Å². The lowest BCUT2D eigenvalue weighted by Gasteiger charge is -2.35. The zero-order valence-electron chi connectivity index (χ0n) is 43.7. The number of aromatic nitrogens is 3. The fourth-order valence-electron chi connectivity index (χ4n) is 9.88. The van der Waals surface area contributed by atoms with Crippen molar-refractivity contribution in [3.63, 3.8) is 0 Å². The van der Waals surface area contributed by atoms with Crippen LogP contribution in [-0.4, -0.2) is 282 Å². The maximum absolute atomic E-state index is 12.1. The fraction of sp³-hybridized carbons (Fsp3) is 0.577. The Kier molecular flexibility index (Phi) is 23.8. The Morgan fingerprint density at radius 2 is 0.553 bits per heavy atom. The van der Waals surface area contributed by atoms with E-state index in [0.717, 1.165) is 11.4 Å². The minimum absolute atomic E-state index is 0.0300. The van der Waals surface area contributed by atoms with Gasteiger partial charge in [-0.25, -0.2) is 0 Å². The Morgan fingerprint density at radius 1 is 0.355 bits per heavy atom. The number of hydrogen-bond donors (Lipinski definition) is 6. The second-order valence-corrected chi connectivity index (χ2v) is 20.0. The third-order valence-corrected chi connectivity index (χ3v) is 13.7. The first-order valence-electron chi connectivity index (χ1n) is 26.0. The highest BCUT2D eigenvalue weighted by Crippen LogP contribution is 2.14. The lowest BCUT2D eigenvalue weighted by Crippen LogP contribution is -2.49. The molecule has 0 saturated carbocycles. The number of pyridine rings is 3. The first kappa shape index (κ1) is 59.2. The summed E-state index contributed by atoms with van der Waals surface area (Å²) < 4.78 is 0. The number of aliphatic carboxylic acids is 5. The van der Waals surface area contributed by atoms with Crippen LogP contribution in [0.2, 0.25) is 0 Å². The van der Waals surface area contributed by atoms with E-state index in [1.165, 1.54) is 0 Å². The summed E-state index contributed by atoms with van der Waals surface area (Å²) in [4.78, 5) is 95.4. The van der Waals surface area contributed by atoms with Crippen LogP contribution in [0, 0.1) is 0 Å². The van der Waals surface area contributed by atoms with Gasteiger partial charge in [0.15, 0.2) is 0 Å². The van der Waals surface area contributed by atoms with Crippen LogP contribution in [0.1, 0.15) is 34.2 Å². The summed E-state index contributed by atoms with van der Waals surface area (Å²) in [5, 5.41) is 59.9. The highest BCUT2D eigenvalue weighted by atomic mass is 16.4. The molecule has 0 aliphatic carbocycles. The Hall–Kier alpha value is -6.06. The van der Waals surface area contributed by atoms with Crippen molar-refractivity contribution in [3.8, 4) is 0 Å². The summed E-state index contributed by atoms with van der Waals surface area (Å²) in [6.07, 6.45) is 0. The van der Waals surface area contributed by atoms with Gasteiger partial charge in [-0.2, -0.15) is 0 Å². The number of hydrogen-bond acceptors (Lipinski definition) is 19. The largest absolute Gasteiger partial charge is 0.512 e. The van der Waals surface area contributed by atoms with Crippen molar-refractivity contribution in [2.75, 3.05) is 157 Å². The maximum atomic E-state index is 12.1. The molecule has 3 aliphatic rings. The van der Waals surface area contributed by atoms with Crippen LogP contribution in [0.4, 0.5) is 0 Å². The van der Waals surface area contributed by atoms with E-state index in [1.54, 1.807) is 0 Å². The summed E-state index contributed by atoms with van der Waals surface area (Å²) in [6, 6.07) is 16.8. The van der Waals surface area contributed by atoms with E-state index in [-0.39, 0.29) is 45.0 Å². The van der Waals surface area contributed by atoms with Crippen molar-refractivity contribution >= 4 is 29.8 Å². The SMILES string of the molecule is C=C(O)CN1CCN(CCN(CCN2CCN(CC(=O)O)Cc3cccc(n3)CN(CC(=O)O)CC2)CCN2CCN(CC(=O)O)Cc3cccc(n3)CN(CC(=O)O)CC2)CCN(CC(=O)O)Cc2cccc(n2)C1. The van der Waals surface area contributed by atoms with Gasteiger partial charge in [0.05, 0.1) is 79.2 Å². The zero-order valence-corrected chi connectivity index (χ0v) is 43.7. The minimum atomic E-state index is -0.958. The number of nitrogens with zero attached hydrogens (tertiary/aromatic N) is 13. The maximum Gasteiger partial charge on any atom is 0.317 e. The van der Waals surface area contributed by atoms with Crippen molar-refractivity contribution in [3.05, 3.63) is 101 Å². The lowest BCUT2D eigenvalue weighted by atomic mass is 10.2. The molecule has 3 aromatic rings. The molecule has 0 saturated heterocycles. The average molecular weight is 1060 g/mol. The quantitative estimate of drug-likeness (QED) is 0.0756. The predicted molar refractivity (Wildman–Crippen MR) is 280 cm³/mol. The van der Waals surface area contributed by atoms with Gasteiger partial charge < -0.3 is 30.6 Å². The van der Waals surface area contributed by atoms with Crippen LogP contribution in [0.3, 0.4) is 0 Å². The van der Waals surface area contributed by atoms with Gasteiger partial charge in [-0.05, 0) is 36.4 Å². The first-order chi connectivity index (χ1) is 36.5. The molecular formula is C52H77N13O11. The minimum Gasteiger partial charge on any atom is -0.512 e. The number of carboxylic acid groups (broad SMARTS) is 5. The van der Waals surface area contributed by atoms with Crippen molar-refractivity contribution in [2.45, 2.75) is 39.3 Å². The highest BCUT2D eigenvalue weighted by molar-refractivity contribution is 5.70. The molecule has 24 heteroatoms. The standard InChI is InChI=1S/C52H77N13O11/c1-41(66)29-60-23-17-57(18-24-61(36-48(67)68)31-43-6-2-5-42(30-60)53-43)14-11-56(12-15-58-19-25-62(37-49(69)70)32-44-7-3-8-45(54-44)33-63(26-20-58)38-50(71)72)13-16-59-21-27-64(39-51(73)74)34-46-9-4-10-47(55-46)35-65(28-22-59)40-52(75)76/h2-10,66H,1,11-40H2,(H,67,68)(H,69,70)(H,71,72)(H,73,74)(H,75,76). The van der Waals surface area contributed by atoms with E-state index in [4.69, 9.17) is 15.0 Å². The molecule has 24 nitrogen and oxygen atoms in total. The molecule has 0 fully saturated rings. The van der Waals surface area contributed by atoms with Gasteiger partial charge in [-0.15, -0.1) is 0 Å². The summed E-state index contributed by atoms with van der Waals surface area (Å²) in [5.74, 6) is -4.74. The molecule has 3 aliphatic heterocycles. The molecule has 6 heterocycles. The molecule has 0 amide bonds. The van der Waals surface area contributed by atoms with E-state index in [2.05, 4.69) is 31.1 Å². The number of aliphatic hydroxyl groups is 1.